The number of piperidine rings is 1. The van der Waals surface area contributed by atoms with Crippen molar-refractivity contribution in [2.45, 2.75) is 97.6 Å². The molecule has 0 spiro atoms. The number of benzene rings is 1. The van der Waals surface area contributed by atoms with Crippen LogP contribution in [-0.2, 0) is 38.8 Å². The predicted octanol–water partition coefficient (Wildman–Crippen LogP) is 1.13. The number of nitrogens with one attached hydrogen (secondary N) is 4. The number of nitrogens with zero attached hydrogens (tertiary/aromatic N) is 2. The lowest BCUT2D eigenvalue weighted by Crippen LogP contribution is -2.61. The van der Waals surface area contributed by atoms with E-state index in [4.69, 9.17) is 0 Å². The summed E-state index contributed by atoms with van der Waals surface area (Å²) in [6.45, 7) is 13.7. The molecule has 2 aliphatic rings. The van der Waals surface area contributed by atoms with Gasteiger partial charge in [0.2, 0.25) is 39.4 Å². The van der Waals surface area contributed by atoms with Gasteiger partial charge in [-0.25, -0.2) is 13.1 Å². The van der Waals surface area contributed by atoms with Crippen molar-refractivity contribution in [2.24, 2.45) is 22.7 Å². The number of fused-ring (bicyclic) bond motifs is 1. The van der Waals surface area contributed by atoms with Crippen LogP contribution in [0.2, 0.25) is 0 Å². The van der Waals surface area contributed by atoms with Crippen LogP contribution in [0.5, 0.6) is 0 Å². The smallest absolute Gasteiger partial charge is 0.290 e. The average Bonchev–Trinajstić information content (AvgIpc) is 3.33. The molecular formula is C35H54N6O8S. The third-order valence-electron chi connectivity index (χ3n) is 9.75. The Labute approximate surface area is 295 Å². The Morgan fingerprint density at radius 1 is 1.00 bits per heavy atom. The number of hydrogen-bond acceptors (Lipinski definition) is 8. The Morgan fingerprint density at radius 3 is 2.12 bits per heavy atom. The van der Waals surface area contributed by atoms with Crippen molar-refractivity contribution in [2.75, 3.05) is 27.2 Å². The standard InChI is InChI=1S/C35H54N6O8S/c1-11-15-23(28(43)31(45)36-18-24(42)38-26(32(46)40(9)10)21-16-13-12-14-17-21)37-30(44)27-25-22(35(25,7)8)19-41(27)33(47)29(34(4,5)6)39-50(48,49)20(2)3/h12-14,16-17,20,22-23,25-27,29,39H,11,15,18-19H2,1-10H3,(H,36,45)(H,37,44)(H,38,42)/t22?,23?,25?,26-,27-,29+/m0/s1. The Morgan fingerprint density at radius 2 is 1.60 bits per heavy atom. The van der Waals surface area contributed by atoms with Crippen LogP contribution in [0.1, 0.15) is 79.8 Å². The molecule has 0 aromatic heterocycles. The topological polar surface area (TPSA) is 191 Å². The normalized spacial score (nSPS) is 21.3. The van der Waals surface area contributed by atoms with Crippen LogP contribution in [-0.4, -0.2) is 104 Å². The maximum Gasteiger partial charge on any atom is 0.290 e. The van der Waals surface area contributed by atoms with Gasteiger partial charge in [-0.15, -0.1) is 0 Å². The Balaban J connectivity index is 1.75. The van der Waals surface area contributed by atoms with Crippen LogP contribution in [0.25, 0.3) is 0 Å². The number of carbonyl (C=O) groups excluding carboxylic acids is 6. The van der Waals surface area contributed by atoms with E-state index in [0.29, 0.717) is 12.0 Å². The van der Waals surface area contributed by atoms with E-state index < -0.39 is 80.8 Å². The largest absolute Gasteiger partial charge is 0.347 e. The van der Waals surface area contributed by atoms with Crippen molar-refractivity contribution in [1.29, 1.82) is 0 Å². The van der Waals surface area contributed by atoms with Crippen molar-refractivity contribution >= 4 is 45.3 Å². The van der Waals surface area contributed by atoms with E-state index in [1.54, 1.807) is 72.1 Å². The van der Waals surface area contributed by atoms with Gasteiger partial charge in [-0.3, -0.25) is 28.8 Å². The third kappa shape index (κ3) is 9.08. The highest BCUT2D eigenvalue weighted by atomic mass is 32.2. The molecule has 15 heteroatoms. The molecule has 278 valence electrons. The molecule has 3 rings (SSSR count). The minimum atomic E-state index is -3.84. The van der Waals surface area contributed by atoms with Crippen LogP contribution < -0.4 is 20.7 Å². The fraction of sp³-hybridized carbons (Fsp3) is 0.657. The molecule has 4 N–H and O–H groups in total. The Hall–Kier alpha value is -3.85. The van der Waals surface area contributed by atoms with E-state index in [-0.39, 0.29) is 36.1 Å². The van der Waals surface area contributed by atoms with Gasteiger partial charge in [0.15, 0.2) is 0 Å². The van der Waals surface area contributed by atoms with Crippen molar-refractivity contribution in [3.8, 4) is 0 Å². The molecule has 1 saturated carbocycles. The summed E-state index contributed by atoms with van der Waals surface area (Å²) >= 11 is 0. The number of likely N-dealkylation sites (N-methyl/N-ethyl adjacent to an activating group) is 1. The van der Waals surface area contributed by atoms with Crippen LogP contribution >= 0.6 is 0 Å². The summed E-state index contributed by atoms with van der Waals surface area (Å²) in [6.07, 6.45) is 0.554. The highest BCUT2D eigenvalue weighted by Crippen LogP contribution is 2.65. The number of Topliss-reactive ketones (excluding diaryl/α,β-unsaturated/α-hetero) is 1. The van der Waals surface area contributed by atoms with Gasteiger partial charge in [0.25, 0.3) is 5.91 Å². The van der Waals surface area contributed by atoms with Gasteiger partial charge in [0.1, 0.15) is 18.1 Å². The molecule has 0 bridgehead atoms. The first-order valence-electron chi connectivity index (χ1n) is 17.1. The average molecular weight is 719 g/mol. The molecule has 5 amide bonds. The monoisotopic (exact) mass is 718 g/mol. The second kappa shape index (κ2) is 15.6. The number of rotatable bonds is 15. The molecule has 0 radical (unpaired) electrons. The molecule has 14 nitrogen and oxygen atoms in total. The maximum atomic E-state index is 14.1. The van der Waals surface area contributed by atoms with Crippen molar-refractivity contribution in [3.05, 3.63) is 35.9 Å². The van der Waals surface area contributed by atoms with E-state index in [1.165, 1.54) is 23.6 Å². The molecule has 1 saturated heterocycles. The molecule has 1 aromatic rings. The first kappa shape index (κ1) is 40.6. The Bertz CT molecular complexity index is 1570. The highest BCUT2D eigenvalue weighted by Gasteiger charge is 2.70. The lowest BCUT2D eigenvalue weighted by Gasteiger charge is -2.38. The Kier molecular flexibility index (Phi) is 12.6. The molecule has 6 atom stereocenters. The van der Waals surface area contributed by atoms with Crippen molar-refractivity contribution in [1.82, 2.24) is 30.5 Å². The molecule has 1 aliphatic heterocycles. The van der Waals surface area contributed by atoms with Crippen LogP contribution in [0.15, 0.2) is 30.3 Å². The lowest BCUT2D eigenvalue weighted by atomic mass is 9.86. The van der Waals surface area contributed by atoms with E-state index in [2.05, 4.69) is 20.7 Å². The molecule has 1 heterocycles. The van der Waals surface area contributed by atoms with Crippen molar-refractivity contribution in [3.63, 3.8) is 0 Å². The van der Waals surface area contributed by atoms with Gasteiger partial charge >= 0.3 is 0 Å². The van der Waals surface area contributed by atoms with Crippen LogP contribution in [0, 0.1) is 22.7 Å². The van der Waals surface area contributed by atoms with Gasteiger partial charge in [0, 0.05) is 20.6 Å². The van der Waals surface area contributed by atoms with Crippen molar-refractivity contribution < 1.29 is 37.2 Å². The summed E-state index contributed by atoms with van der Waals surface area (Å²) in [5.74, 6) is -4.52. The van der Waals surface area contributed by atoms with Crippen LogP contribution in [0.4, 0.5) is 0 Å². The first-order valence-corrected chi connectivity index (χ1v) is 18.6. The molecule has 1 aromatic carbocycles. The number of ketones is 1. The van der Waals surface area contributed by atoms with Gasteiger partial charge in [0.05, 0.1) is 17.8 Å². The summed E-state index contributed by atoms with van der Waals surface area (Å²) in [7, 11) is -0.739. The van der Waals surface area contributed by atoms with E-state index >= 15 is 0 Å². The molecule has 1 aliphatic carbocycles. The zero-order valence-corrected chi connectivity index (χ0v) is 31.6. The van der Waals surface area contributed by atoms with Gasteiger partial charge in [-0.2, -0.15) is 0 Å². The molecular weight excluding hydrogens is 664 g/mol. The SMILES string of the molecule is CCCC(NC(=O)[C@@H]1C2C(CN1C(=O)[C@@H](NS(=O)(=O)C(C)C)C(C)(C)C)C2(C)C)C(=O)C(=O)NCC(=O)N[C@H](C(=O)N(C)C)c1ccccc1. The molecule has 3 unspecified atom stereocenters. The summed E-state index contributed by atoms with van der Waals surface area (Å²) in [6, 6.07) is 4.21. The minimum Gasteiger partial charge on any atom is -0.347 e. The van der Waals surface area contributed by atoms with Gasteiger partial charge in [-0.05, 0) is 48.5 Å². The third-order valence-corrected chi connectivity index (χ3v) is 11.6. The fourth-order valence-corrected chi connectivity index (χ4v) is 7.56. The highest BCUT2D eigenvalue weighted by molar-refractivity contribution is 7.90. The van der Waals surface area contributed by atoms with Crippen LogP contribution in [0.3, 0.4) is 0 Å². The maximum absolute atomic E-state index is 14.1. The number of likely N-dealkylation sites (tertiary alicyclic amines) is 1. The summed E-state index contributed by atoms with van der Waals surface area (Å²) in [5.41, 5.74) is -0.554. The summed E-state index contributed by atoms with van der Waals surface area (Å²) in [4.78, 5) is 82.7. The number of hydrogen-bond donors (Lipinski definition) is 4. The molecule has 50 heavy (non-hydrogen) atoms. The fourth-order valence-electron chi connectivity index (χ4n) is 6.50. The van der Waals surface area contributed by atoms with Gasteiger partial charge < -0.3 is 25.8 Å². The quantitative estimate of drug-likeness (QED) is 0.194. The second-order valence-electron chi connectivity index (χ2n) is 15.4. The van der Waals surface area contributed by atoms with Gasteiger partial charge in [-0.1, -0.05) is 78.3 Å². The second-order valence-corrected chi connectivity index (χ2v) is 17.7. The van der Waals surface area contributed by atoms with E-state index in [0.717, 1.165) is 0 Å². The number of carbonyl (C=O) groups is 6. The zero-order chi connectivity index (χ0) is 37.9. The van der Waals surface area contributed by atoms with E-state index in [9.17, 15) is 37.2 Å². The summed E-state index contributed by atoms with van der Waals surface area (Å²) < 4.78 is 28.2. The first-order chi connectivity index (χ1) is 23.1. The lowest BCUT2D eigenvalue weighted by molar-refractivity contribution is -0.145. The van der Waals surface area contributed by atoms with E-state index in [1.807, 2.05) is 13.8 Å². The zero-order valence-electron chi connectivity index (χ0n) is 30.8. The predicted molar refractivity (Wildman–Crippen MR) is 188 cm³/mol. The number of sulfonamides is 1. The summed E-state index contributed by atoms with van der Waals surface area (Å²) in [5, 5.41) is 6.82. The minimum absolute atomic E-state index is 0.00856. The molecule has 2 fully saturated rings. The number of amides is 5.